The Bertz CT molecular complexity index is 407. The molecule has 0 radical (unpaired) electrons. The van der Waals surface area contributed by atoms with Crippen molar-refractivity contribution in [2.24, 2.45) is 11.5 Å². The van der Waals surface area contributed by atoms with Gasteiger partial charge in [0.2, 0.25) is 0 Å². The maximum atomic E-state index is 12.4. The van der Waals surface area contributed by atoms with Crippen LogP contribution in [0.1, 0.15) is 30.5 Å². The van der Waals surface area contributed by atoms with Crippen LogP contribution in [0.2, 0.25) is 0 Å². The van der Waals surface area contributed by atoms with Crippen molar-refractivity contribution in [2.45, 2.75) is 37.0 Å². The van der Waals surface area contributed by atoms with Gasteiger partial charge < -0.3 is 11.5 Å². The largest absolute Gasteiger partial charge is 0.417 e. The molecule has 0 amide bonds. The molecule has 1 aliphatic rings. The summed E-state index contributed by atoms with van der Waals surface area (Å²) < 4.78 is 37.1. The van der Waals surface area contributed by atoms with Crippen LogP contribution in [0, 0.1) is 0 Å². The van der Waals surface area contributed by atoms with Crippen molar-refractivity contribution >= 4 is 12.4 Å². The number of halogens is 4. The van der Waals surface area contributed by atoms with Crippen LogP contribution in [0.15, 0.2) is 18.3 Å². The molecule has 0 aliphatic heterocycles. The average Bonchev–Trinajstić information content (AvgIpc) is 2.60. The van der Waals surface area contributed by atoms with Gasteiger partial charge in [0.15, 0.2) is 0 Å². The Kier molecular flexibility index (Phi) is 4.25. The zero-order valence-corrected chi connectivity index (χ0v) is 10.4. The zero-order chi connectivity index (χ0) is 12.7. The minimum atomic E-state index is -4.37. The summed E-state index contributed by atoms with van der Waals surface area (Å²) in [5, 5.41) is 0. The Balaban J connectivity index is 0.00000162. The second kappa shape index (κ2) is 5.03. The van der Waals surface area contributed by atoms with Gasteiger partial charge in [-0.2, -0.15) is 13.2 Å². The number of nitrogens with zero attached hydrogens (tertiary/aromatic N) is 1. The molecule has 2 rings (SSSR count). The smallest absolute Gasteiger partial charge is 0.326 e. The quantitative estimate of drug-likeness (QED) is 0.829. The third kappa shape index (κ3) is 2.60. The number of hydrogen-bond acceptors (Lipinski definition) is 3. The molecule has 1 saturated carbocycles. The molecule has 0 bridgehead atoms. The van der Waals surface area contributed by atoms with E-state index in [1.807, 2.05) is 0 Å². The Morgan fingerprint density at radius 3 is 2.39 bits per heavy atom. The summed E-state index contributed by atoms with van der Waals surface area (Å²) in [5.41, 5.74) is 10.9. The van der Waals surface area contributed by atoms with Gasteiger partial charge in [-0.05, 0) is 31.4 Å². The van der Waals surface area contributed by atoms with Crippen LogP contribution >= 0.6 is 12.4 Å². The van der Waals surface area contributed by atoms with Crippen LogP contribution < -0.4 is 11.5 Å². The first-order valence-electron chi connectivity index (χ1n) is 5.42. The lowest BCUT2D eigenvalue weighted by atomic mass is 9.90. The van der Waals surface area contributed by atoms with Gasteiger partial charge in [0.1, 0.15) is 0 Å². The monoisotopic (exact) mass is 281 g/mol. The van der Waals surface area contributed by atoms with E-state index in [9.17, 15) is 13.2 Å². The van der Waals surface area contributed by atoms with Crippen molar-refractivity contribution < 1.29 is 13.2 Å². The topological polar surface area (TPSA) is 64.9 Å². The molecule has 0 spiro atoms. The van der Waals surface area contributed by atoms with Gasteiger partial charge in [-0.15, -0.1) is 12.4 Å². The first kappa shape index (κ1) is 15.2. The Hall–Kier alpha value is -0.850. The molecular weight excluding hydrogens is 267 g/mol. The van der Waals surface area contributed by atoms with E-state index in [4.69, 9.17) is 11.5 Å². The van der Waals surface area contributed by atoms with E-state index < -0.39 is 17.3 Å². The van der Waals surface area contributed by atoms with E-state index >= 15 is 0 Å². The first-order chi connectivity index (χ1) is 7.84. The summed E-state index contributed by atoms with van der Waals surface area (Å²) in [6.45, 7) is 0. The van der Waals surface area contributed by atoms with Crippen molar-refractivity contribution in [1.29, 1.82) is 0 Å². The van der Waals surface area contributed by atoms with Crippen LogP contribution in [0.3, 0.4) is 0 Å². The van der Waals surface area contributed by atoms with Gasteiger partial charge in [-0.3, -0.25) is 4.98 Å². The van der Waals surface area contributed by atoms with Gasteiger partial charge in [0.05, 0.1) is 16.8 Å². The molecule has 1 heterocycles. The highest BCUT2D eigenvalue weighted by Crippen LogP contribution is 2.35. The Labute approximate surface area is 109 Å². The van der Waals surface area contributed by atoms with E-state index in [2.05, 4.69) is 4.98 Å². The average molecular weight is 282 g/mol. The molecular formula is C11H15ClF3N3. The summed E-state index contributed by atoms with van der Waals surface area (Å²) in [4.78, 5) is 3.82. The first-order valence-corrected chi connectivity index (χ1v) is 5.42. The van der Waals surface area contributed by atoms with Gasteiger partial charge in [0.25, 0.3) is 0 Å². The number of nitrogens with two attached hydrogens (primary N) is 2. The second-order valence-corrected chi connectivity index (χ2v) is 4.47. The van der Waals surface area contributed by atoms with Crippen LogP contribution in [-0.4, -0.2) is 11.0 Å². The van der Waals surface area contributed by atoms with E-state index in [0.29, 0.717) is 12.1 Å². The van der Waals surface area contributed by atoms with E-state index in [1.54, 1.807) is 0 Å². The molecule has 0 saturated heterocycles. The Morgan fingerprint density at radius 1 is 1.33 bits per heavy atom. The van der Waals surface area contributed by atoms with E-state index in [0.717, 1.165) is 25.1 Å². The molecule has 7 heteroatoms. The minimum Gasteiger partial charge on any atom is -0.326 e. The number of alkyl halides is 3. The van der Waals surface area contributed by atoms with Gasteiger partial charge >= 0.3 is 6.18 Å². The maximum Gasteiger partial charge on any atom is 0.417 e. The Morgan fingerprint density at radius 2 is 2.00 bits per heavy atom. The summed E-state index contributed by atoms with van der Waals surface area (Å²) in [6, 6.07) is 2.09. The fourth-order valence-corrected chi connectivity index (χ4v) is 2.21. The number of pyridine rings is 1. The van der Waals surface area contributed by atoms with Crippen molar-refractivity contribution in [1.82, 2.24) is 4.98 Å². The third-order valence-corrected chi connectivity index (χ3v) is 3.33. The van der Waals surface area contributed by atoms with Crippen LogP contribution in [0.5, 0.6) is 0 Å². The lowest BCUT2D eigenvalue weighted by Crippen LogP contribution is -2.49. The maximum absolute atomic E-state index is 12.4. The summed E-state index contributed by atoms with van der Waals surface area (Å²) in [5.74, 6) is 0. The zero-order valence-electron chi connectivity index (χ0n) is 9.57. The fourth-order valence-electron chi connectivity index (χ4n) is 2.21. The minimum absolute atomic E-state index is 0. The summed E-state index contributed by atoms with van der Waals surface area (Å²) in [7, 11) is 0. The van der Waals surface area contributed by atoms with Crippen LogP contribution in [-0.2, 0) is 11.7 Å². The van der Waals surface area contributed by atoms with Crippen LogP contribution in [0.4, 0.5) is 13.2 Å². The molecule has 3 nitrogen and oxygen atoms in total. The van der Waals surface area contributed by atoms with E-state index in [1.165, 1.54) is 6.07 Å². The van der Waals surface area contributed by atoms with Gasteiger partial charge in [0, 0.05) is 12.2 Å². The molecule has 18 heavy (non-hydrogen) atoms. The van der Waals surface area contributed by atoms with Gasteiger partial charge in [-0.25, -0.2) is 0 Å². The van der Waals surface area contributed by atoms with Crippen molar-refractivity contribution in [3.8, 4) is 0 Å². The van der Waals surface area contributed by atoms with Crippen LogP contribution in [0.25, 0.3) is 0 Å². The highest BCUT2D eigenvalue weighted by atomic mass is 35.5. The standard InChI is InChI=1S/C11H14F3N3.ClH/c12-11(13,14)7-3-4-9(17-6-7)10(16)5-1-2-8(10)15;/h3-4,6,8H,1-2,5,15-16H2;1H/t8?,10-;/m1./s1. The molecule has 1 aromatic rings. The predicted molar refractivity (Wildman–Crippen MR) is 64.2 cm³/mol. The number of aromatic nitrogens is 1. The van der Waals surface area contributed by atoms with Crippen molar-refractivity contribution in [3.63, 3.8) is 0 Å². The van der Waals surface area contributed by atoms with E-state index in [-0.39, 0.29) is 18.4 Å². The second-order valence-electron chi connectivity index (χ2n) is 4.47. The molecule has 0 aromatic carbocycles. The molecule has 1 unspecified atom stereocenters. The lowest BCUT2D eigenvalue weighted by molar-refractivity contribution is -0.137. The van der Waals surface area contributed by atoms with Crippen molar-refractivity contribution in [3.05, 3.63) is 29.6 Å². The summed E-state index contributed by atoms with van der Waals surface area (Å²) in [6.07, 6.45) is -1.24. The molecule has 102 valence electrons. The number of rotatable bonds is 1. The fraction of sp³-hybridized carbons (Fsp3) is 0.545. The normalized spacial score (nSPS) is 27.9. The highest BCUT2D eigenvalue weighted by molar-refractivity contribution is 5.85. The molecule has 4 N–H and O–H groups in total. The van der Waals surface area contributed by atoms with Gasteiger partial charge in [-0.1, -0.05) is 0 Å². The highest BCUT2D eigenvalue weighted by Gasteiger charge is 2.40. The third-order valence-electron chi connectivity index (χ3n) is 3.33. The molecule has 1 fully saturated rings. The predicted octanol–water partition coefficient (Wildman–Crippen LogP) is 2.19. The molecule has 1 aliphatic carbocycles. The van der Waals surface area contributed by atoms with Crippen molar-refractivity contribution in [2.75, 3.05) is 0 Å². The number of hydrogen-bond donors (Lipinski definition) is 2. The molecule has 2 atom stereocenters. The molecule has 1 aromatic heterocycles. The summed E-state index contributed by atoms with van der Waals surface area (Å²) >= 11 is 0. The lowest BCUT2D eigenvalue weighted by Gasteiger charge is -2.28. The SMILES string of the molecule is Cl.NC1CCC[C@]1(N)c1ccc(C(F)(F)F)cn1.